The maximum Gasteiger partial charge on any atom is 0.223 e. The highest BCUT2D eigenvalue weighted by Gasteiger charge is 2.64. The Hall–Kier alpha value is -0.530. The summed E-state index contributed by atoms with van der Waals surface area (Å²) in [6.45, 7) is 10.0. The Kier molecular flexibility index (Phi) is 1.96. The van der Waals surface area contributed by atoms with E-state index in [1.54, 1.807) is 0 Å². The second-order valence-electron chi connectivity index (χ2n) is 6.02. The zero-order valence-electron chi connectivity index (χ0n) is 9.68. The molecule has 14 heavy (non-hydrogen) atoms. The normalized spacial score (nSPS) is 28.6. The van der Waals surface area contributed by atoms with Gasteiger partial charge in [0.2, 0.25) is 5.91 Å². The van der Waals surface area contributed by atoms with E-state index in [-0.39, 0.29) is 5.91 Å². The molecule has 0 bridgehead atoms. The van der Waals surface area contributed by atoms with Gasteiger partial charge in [-0.2, -0.15) is 0 Å². The number of hydrogen-bond acceptors (Lipinski definition) is 1. The molecule has 0 saturated heterocycles. The minimum Gasteiger partial charge on any atom is -0.356 e. The van der Waals surface area contributed by atoms with Gasteiger partial charge < -0.3 is 5.32 Å². The van der Waals surface area contributed by atoms with Gasteiger partial charge in [-0.15, -0.1) is 0 Å². The van der Waals surface area contributed by atoms with Crippen LogP contribution in [0.4, 0.5) is 0 Å². The molecule has 2 fully saturated rings. The summed E-state index contributed by atoms with van der Waals surface area (Å²) in [6.07, 6.45) is 2.20. The third kappa shape index (κ3) is 1.35. The van der Waals surface area contributed by atoms with Gasteiger partial charge in [-0.3, -0.25) is 4.79 Å². The van der Waals surface area contributed by atoms with Gasteiger partial charge in [-0.05, 0) is 29.6 Å². The molecule has 0 aromatic carbocycles. The van der Waals surface area contributed by atoms with Crippen molar-refractivity contribution >= 4 is 5.91 Å². The third-order valence-electron chi connectivity index (χ3n) is 4.75. The monoisotopic (exact) mass is 195 g/mol. The number of carbonyl (C=O) groups excluding carboxylic acids is 1. The van der Waals surface area contributed by atoms with E-state index in [0.29, 0.717) is 22.7 Å². The van der Waals surface area contributed by atoms with Crippen molar-refractivity contribution in [1.29, 1.82) is 0 Å². The summed E-state index contributed by atoms with van der Waals surface area (Å²) < 4.78 is 0. The fraction of sp³-hybridized carbons (Fsp3) is 0.917. The van der Waals surface area contributed by atoms with Crippen molar-refractivity contribution in [2.24, 2.45) is 22.7 Å². The van der Waals surface area contributed by atoms with Crippen molar-refractivity contribution in [3.05, 3.63) is 0 Å². The second kappa shape index (κ2) is 2.74. The molecule has 0 unspecified atom stereocenters. The average molecular weight is 195 g/mol. The SMILES string of the molecule is CC1(C)C(CNC(=O)C2CC2)C1(C)C. The number of hydrogen-bond donors (Lipinski definition) is 1. The van der Waals surface area contributed by atoms with Gasteiger partial charge in [0.25, 0.3) is 0 Å². The van der Waals surface area contributed by atoms with Gasteiger partial charge in [0, 0.05) is 12.5 Å². The minimum absolute atomic E-state index is 0.281. The Balaban J connectivity index is 1.80. The molecule has 2 heteroatoms. The van der Waals surface area contributed by atoms with Crippen LogP contribution in [0.2, 0.25) is 0 Å². The lowest BCUT2D eigenvalue weighted by Gasteiger charge is -2.04. The average Bonchev–Trinajstić information content (AvgIpc) is 2.90. The Morgan fingerprint density at radius 2 is 1.71 bits per heavy atom. The van der Waals surface area contributed by atoms with Crippen molar-refractivity contribution in [1.82, 2.24) is 5.32 Å². The van der Waals surface area contributed by atoms with Gasteiger partial charge in [0.15, 0.2) is 0 Å². The Bertz CT molecular complexity index is 249. The standard InChI is InChI=1S/C12H21NO/c1-11(2)9(12(11,3)4)7-13-10(14)8-5-6-8/h8-9H,5-7H2,1-4H3,(H,13,14). The lowest BCUT2D eigenvalue weighted by Crippen LogP contribution is -2.28. The van der Waals surface area contributed by atoms with Crippen molar-refractivity contribution in [2.45, 2.75) is 40.5 Å². The molecule has 0 aromatic heterocycles. The van der Waals surface area contributed by atoms with Gasteiger partial charge in [0.1, 0.15) is 0 Å². The highest BCUT2D eigenvalue weighted by Crippen LogP contribution is 2.67. The van der Waals surface area contributed by atoms with Crippen molar-refractivity contribution in [3.63, 3.8) is 0 Å². The first-order chi connectivity index (χ1) is 6.37. The second-order valence-corrected chi connectivity index (χ2v) is 6.02. The maximum atomic E-state index is 11.4. The van der Waals surface area contributed by atoms with Crippen LogP contribution in [0.1, 0.15) is 40.5 Å². The molecule has 0 aliphatic heterocycles. The zero-order chi connectivity index (χ0) is 10.6. The lowest BCUT2D eigenvalue weighted by atomic mass is 10.0. The van der Waals surface area contributed by atoms with E-state index in [1.807, 2.05) is 0 Å². The molecule has 0 heterocycles. The molecule has 2 saturated carbocycles. The molecule has 1 amide bonds. The quantitative estimate of drug-likeness (QED) is 0.735. The minimum atomic E-state index is 0.281. The fourth-order valence-corrected chi connectivity index (χ4v) is 2.54. The molecule has 80 valence electrons. The molecular formula is C12H21NO. The van der Waals surface area contributed by atoms with Crippen LogP contribution in [0.25, 0.3) is 0 Å². The molecular weight excluding hydrogens is 174 g/mol. The summed E-state index contributed by atoms with van der Waals surface area (Å²) in [5.41, 5.74) is 0.785. The summed E-state index contributed by atoms with van der Waals surface area (Å²) in [5, 5.41) is 3.08. The van der Waals surface area contributed by atoms with Gasteiger partial charge >= 0.3 is 0 Å². The van der Waals surface area contributed by atoms with Crippen LogP contribution in [0.3, 0.4) is 0 Å². The number of amides is 1. The smallest absolute Gasteiger partial charge is 0.223 e. The van der Waals surface area contributed by atoms with Gasteiger partial charge in [-0.25, -0.2) is 0 Å². The third-order valence-corrected chi connectivity index (χ3v) is 4.75. The molecule has 0 aromatic rings. The molecule has 2 nitrogen and oxygen atoms in total. The Morgan fingerprint density at radius 1 is 1.21 bits per heavy atom. The predicted octanol–water partition coefficient (Wildman–Crippen LogP) is 2.19. The van der Waals surface area contributed by atoms with Crippen molar-refractivity contribution in [2.75, 3.05) is 6.54 Å². The molecule has 0 radical (unpaired) electrons. The van der Waals surface area contributed by atoms with Crippen LogP contribution in [-0.4, -0.2) is 12.5 Å². The number of carbonyl (C=O) groups is 1. The number of nitrogens with one attached hydrogen (secondary N) is 1. The predicted molar refractivity (Wildman–Crippen MR) is 56.8 cm³/mol. The largest absolute Gasteiger partial charge is 0.356 e. The molecule has 2 aliphatic rings. The zero-order valence-corrected chi connectivity index (χ0v) is 9.68. The molecule has 0 spiro atoms. The van der Waals surface area contributed by atoms with Crippen LogP contribution >= 0.6 is 0 Å². The molecule has 1 N–H and O–H groups in total. The van der Waals surface area contributed by atoms with Crippen LogP contribution in [0, 0.1) is 22.7 Å². The van der Waals surface area contributed by atoms with Crippen LogP contribution in [0.15, 0.2) is 0 Å². The lowest BCUT2D eigenvalue weighted by molar-refractivity contribution is -0.122. The van der Waals surface area contributed by atoms with Crippen molar-refractivity contribution < 1.29 is 4.79 Å². The summed E-state index contributed by atoms with van der Waals surface area (Å²) in [5.74, 6) is 1.28. The molecule has 2 rings (SSSR count). The first-order valence-electron chi connectivity index (χ1n) is 5.65. The topological polar surface area (TPSA) is 29.1 Å². The first-order valence-corrected chi connectivity index (χ1v) is 5.65. The van der Waals surface area contributed by atoms with Gasteiger partial charge in [-0.1, -0.05) is 27.7 Å². The fourth-order valence-electron chi connectivity index (χ4n) is 2.54. The van der Waals surface area contributed by atoms with E-state index in [0.717, 1.165) is 19.4 Å². The van der Waals surface area contributed by atoms with Crippen LogP contribution in [-0.2, 0) is 4.79 Å². The number of rotatable bonds is 3. The Labute approximate surface area is 86.5 Å². The van der Waals surface area contributed by atoms with E-state index in [4.69, 9.17) is 0 Å². The Morgan fingerprint density at radius 3 is 2.07 bits per heavy atom. The summed E-state index contributed by atoms with van der Waals surface area (Å²) in [7, 11) is 0. The highest BCUT2D eigenvalue weighted by molar-refractivity contribution is 5.80. The summed E-state index contributed by atoms with van der Waals surface area (Å²) in [4.78, 5) is 11.4. The van der Waals surface area contributed by atoms with Crippen LogP contribution in [0.5, 0.6) is 0 Å². The molecule has 0 atom stereocenters. The van der Waals surface area contributed by atoms with E-state index in [2.05, 4.69) is 33.0 Å². The van der Waals surface area contributed by atoms with E-state index in [9.17, 15) is 4.79 Å². The van der Waals surface area contributed by atoms with E-state index >= 15 is 0 Å². The summed E-state index contributed by atoms with van der Waals surface area (Å²) in [6, 6.07) is 0. The maximum absolute atomic E-state index is 11.4. The first kappa shape index (κ1) is 10.0. The van der Waals surface area contributed by atoms with Crippen LogP contribution < -0.4 is 5.32 Å². The van der Waals surface area contributed by atoms with E-state index < -0.39 is 0 Å². The van der Waals surface area contributed by atoms with E-state index in [1.165, 1.54) is 0 Å². The molecule has 2 aliphatic carbocycles. The summed E-state index contributed by atoms with van der Waals surface area (Å²) >= 11 is 0. The van der Waals surface area contributed by atoms with Gasteiger partial charge in [0.05, 0.1) is 0 Å². The van der Waals surface area contributed by atoms with Crippen molar-refractivity contribution in [3.8, 4) is 0 Å². The highest BCUT2D eigenvalue weighted by atomic mass is 16.2.